The van der Waals surface area contributed by atoms with Crippen molar-refractivity contribution in [2.24, 2.45) is 0 Å². The average molecular weight is 494 g/mol. The fraction of sp³-hybridized carbons (Fsp3) is 0.167. The lowest BCUT2D eigenvalue weighted by Crippen LogP contribution is -2.53. The van der Waals surface area contributed by atoms with Crippen molar-refractivity contribution >= 4 is 34.8 Å². The Morgan fingerprint density at radius 3 is 2.43 bits per heavy atom. The van der Waals surface area contributed by atoms with Crippen LogP contribution >= 0.6 is 0 Å². The highest BCUT2D eigenvalue weighted by Crippen LogP contribution is 2.26. The van der Waals surface area contributed by atoms with Gasteiger partial charge in [-0.3, -0.25) is 19.8 Å². The molecule has 7 nitrogen and oxygen atoms in total. The summed E-state index contributed by atoms with van der Waals surface area (Å²) in [6.07, 6.45) is 4.29. The van der Waals surface area contributed by atoms with Crippen molar-refractivity contribution < 1.29 is 19.1 Å². The topological polar surface area (TPSA) is 80.6 Å². The number of benzene rings is 3. The van der Waals surface area contributed by atoms with Gasteiger partial charge < -0.3 is 9.30 Å². The molecule has 4 amide bonds. The maximum absolute atomic E-state index is 13.2. The zero-order chi connectivity index (χ0) is 25.8. The molecule has 1 N–H and O–H groups in total. The Balaban J connectivity index is 1.37. The molecule has 0 bridgehead atoms. The van der Waals surface area contributed by atoms with Gasteiger partial charge >= 0.3 is 6.03 Å². The number of nitrogens with zero attached hydrogens (tertiary/aromatic N) is 2. The summed E-state index contributed by atoms with van der Waals surface area (Å²) in [5.41, 5.74) is 3.55. The minimum Gasteiger partial charge on any atom is -0.493 e. The number of imide groups is 2. The van der Waals surface area contributed by atoms with Crippen LogP contribution in [0.4, 0.5) is 4.79 Å². The van der Waals surface area contributed by atoms with E-state index < -0.39 is 17.8 Å². The van der Waals surface area contributed by atoms with Crippen LogP contribution in [0.1, 0.15) is 23.1 Å². The molecule has 1 aliphatic heterocycles. The van der Waals surface area contributed by atoms with Gasteiger partial charge in [-0.15, -0.1) is 0 Å². The Labute approximate surface area is 215 Å². The summed E-state index contributed by atoms with van der Waals surface area (Å²) in [4.78, 5) is 39.4. The Bertz CT molecular complexity index is 1500. The van der Waals surface area contributed by atoms with Crippen molar-refractivity contribution in [3.8, 4) is 5.75 Å². The van der Waals surface area contributed by atoms with E-state index in [1.807, 2.05) is 92.0 Å². The minimum absolute atomic E-state index is 0.0682. The maximum Gasteiger partial charge on any atom is 0.331 e. The standard InChI is InChI=1S/C30H27N3O4/c1-21-10-5-8-15-27(21)37-17-9-16-32-20-23(24-13-6-7-14-26(24)32)18-25-28(34)31-30(36)33(29(25)35)19-22-11-3-2-4-12-22/h2-8,10-15,18,20H,9,16-17,19H2,1H3,(H,31,34,36)/b25-18+. The van der Waals surface area contributed by atoms with Gasteiger partial charge in [-0.05, 0) is 42.7 Å². The SMILES string of the molecule is Cc1ccccc1OCCCn1cc(/C=C2\C(=O)NC(=O)N(Cc3ccccc3)C2=O)c2ccccc21. The molecule has 0 spiro atoms. The molecule has 4 aromatic rings. The molecule has 1 fully saturated rings. The monoisotopic (exact) mass is 493 g/mol. The summed E-state index contributed by atoms with van der Waals surface area (Å²) in [7, 11) is 0. The van der Waals surface area contributed by atoms with Gasteiger partial charge in [0.2, 0.25) is 0 Å². The summed E-state index contributed by atoms with van der Waals surface area (Å²) >= 11 is 0. The van der Waals surface area contributed by atoms with Crippen LogP contribution in [-0.2, 0) is 22.7 Å². The van der Waals surface area contributed by atoms with Gasteiger partial charge in [0.05, 0.1) is 13.2 Å². The quantitative estimate of drug-likeness (QED) is 0.211. The van der Waals surface area contributed by atoms with Crippen molar-refractivity contribution in [1.29, 1.82) is 0 Å². The van der Waals surface area contributed by atoms with E-state index in [0.717, 1.165) is 44.7 Å². The van der Waals surface area contributed by atoms with E-state index in [0.29, 0.717) is 13.2 Å². The molecule has 1 aromatic heterocycles. The molecule has 0 saturated carbocycles. The van der Waals surface area contributed by atoms with E-state index in [1.165, 1.54) is 0 Å². The maximum atomic E-state index is 13.2. The predicted molar refractivity (Wildman–Crippen MR) is 142 cm³/mol. The molecule has 37 heavy (non-hydrogen) atoms. The number of nitrogens with one attached hydrogen (secondary N) is 1. The molecule has 7 heteroatoms. The van der Waals surface area contributed by atoms with E-state index >= 15 is 0 Å². The number of fused-ring (bicyclic) bond motifs is 1. The van der Waals surface area contributed by atoms with Crippen LogP contribution in [-0.4, -0.2) is 33.9 Å². The number of hydrogen-bond acceptors (Lipinski definition) is 4. The predicted octanol–water partition coefficient (Wildman–Crippen LogP) is 5.08. The van der Waals surface area contributed by atoms with E-state index in [2.05, 4.69) is 9.88 Å². The Morgan fingerprint density at radius 1 is 0.892 bits per heavy atom. The third-order valence-corrected chi connectivity index (χ3v) is 6.38. The summed E-state index contributed by atoms with van der Waals surface area (Å²) in [5.74, 6) is -0.425. The fourth-order valence-corrected chi connectivity index (χ4v) is 4.47. The van der Waals surface area contributed by atoms with Crippen LogP contribution in [0.2, 0.25) is 0 Å². The van der Waals surface area contributed by atoms with E-state index in [1.54, 1.807) is 6.08 Å². The first kappa shape index (κ1) is 24.1. The number of hydrogen-bond donors (Lipinski definition) is 1. The Kier molecular flexibility index (Phi) is 6.85. The summed E-state index contributed by atoms with van der Waals surface area (Å²) in [6.45, 7) is 3.37. The third-order valence-electron chi connectivity index (χ3n) is 6.38. The summed E-state index contributed by atoms with van der Waals surface area (Å²) in [6, 6.07) is 24.2. The number of aromatic nitrogens is 1. The van der Waals surface area contributed by atoms with Gasteiger partial charge in [0.1, 0.15) is 11.3 Å². The minimum atomic E-state index is -0.716. The fourth-order valence-electron chi connectivity index (χ4n) is 4.47. The highest BCUT2D eigenvalue weighted by Gasteiger charge is 2.35. The van der Waals surface area contributed by atoms with Crippen molar-refractivity contribution in [2.75, 3.05) is 6.61 Å². The largest absolute Gasteiger partial charge is 0.493 e. The molecule has 186 valence electrons. The number of barbiturate groups is 1. The smallest absolute Gasteiger partial charge is 0.331 e. The first-order valence-corrected chi connectivity index (χ1v) is 12.2. The number of amides is 4. The number of urea groups is 1. The molecule has 0 aliphatic carbocycles. The van der Waals surface area contributed by atoms with Gasteiger partial charge in [0.25, 0.3) is 11.8 Å². The van der Waals surface area contributed by atoms with E-state index in [4.69, 9.17) is 4.74 Å². The number of para-hydroxylation sites is 2. The highest BCUT2D eigenvalue weighted by molar-refractivity contribution is 6.31. The van der Waals surface area contributed by atoms with Crippen LogP contribution in [0.5, 0.6) is 5.75 Å². The number of carbonyl (C=O) groups is 3. The zero-order valence-corrected chi connectivity index (χ0v) is 20.5. The number of rotatable bonds is 8. The molecule has 0 unspecified atom stereocenters. The van der Waals surface area contributed by atoms with Crippen LogP contribution < -0.4 is 10.1 Å². The van der Waals surface area contributed by atoms with Crippen molar-refractivity contribution in [1.82, 2.24) is 14.8 Å². The second-order valence-electron chi connectivity index (χ2n) is 8.96. The van der Waals surface area contributed by atoms with Crippen LogP contribution in [0.3, 0.4) is 0 Å². The second-order valence-corrected chi connectivity index (χ2v) is 8.96. The Morgan fingerprint density at radius 2 is 1.62 bits per heavy atom. The van der Waals surface area contributed by atoms with Crippen molar-refractivity contribution in [3.63, 3.8) is 0 Å². The lowest BCUT2D eigenvalue weighted by atomic mass is 10.1. The van der Waals surface area contributed by atoms with Gasteiger partial charge in [-0.25, -0.2) is 4.79 Å². The van der Waals surface area contributed by atoms with Crippen molar-refractivity contribution in [2.45, 2.75) is 26.4 Å². The van der Waals surface area contributed by atoms with Gasteiger partial charge in [0.15, 0.2) is 0 Å². The average Bonchev–Trinajstić information content (AvgIpc) is 3.26. The van der Waals surface area contributed by atoms with E-state index in [-0.39, 0.29) is 12.1 Å². The lowest BCUT2D eigenvalue weighted by Gasteiger charge is -2.26. The van der Waals surface area contributed by atoms with Gasteiger partial charge in [-0.1, -0.05) is 66.7 Å². The van der Waals surface area contributed by atoms with Gasteiger partial charge in [0, 0.05) is 29.2 Å². The molecule has 3 aromatic carbocycles. The zero-order valence-electron chi connectivity index (χ0n) is 20.5. The van der Waals surface area contributed by atoms with Gasteiger partial charge in [-0.2, -0.15) is 0 Å². The second kappa shape index (κ2) is 10.5. The first-order chi connectivity index (χ1) is 18.0. The molecule has 2 heterocycles. The summed E-state index contributed by atoms with van der Waals surface area (Å²) in [5, 5.41) is 3.22. The molecular weight excluding hydrogens is 466 g/mol. The first-order valence-electron chi connectivity index (χ1n) is 12.2. The molecular formula is C30H27N3O4. The summed E-state index contributed by atoms with van der Waals surface area (Å²) < 4.78 is 8.04. The van der Waals surface area contributed by atoms with Crippen LogP contribution in [0, 0.1) is 6.92 Å². The van der Waals surface area contributed by atoms with Crippen molar-refractivity contribution in [3.05, 3.63) is 107 Å². The molecule has 1 saturated heterocycles. The van der Waals surface area contributed by atoms with Crippen LogP contribution in [0.25, 0.3) is 17.0 Å². The molecule has 1 aliphatic rings. The molecule has 0 radical (unpaired) electrons. The normalized spacial score (nSPS) is 14.9. The van der Waals surface area contributed by atoms with Crippen LogP contribution in [0.15, 0.2) is 90.6 Å². The third kappa shape index (κ3) is 5.16. The highest BCUT2D eigenvalue weighted by atomic mass is 16.5. The van der Waals surface area contributed by atoms with E-state index in [9.17, 15) is 14.4 Å². The lowest BCUT2D eigenvalue weighted by molar-refractivity contribution is -0.130. The number of aryl methyl sites for hydroxylation is 2. The Hall–Kier alpha value is -4.65. The molecule has 0 atom stereocenters. The molecule has 5 rings (SSSR count). The number of carbonyl (C=O) groups excluding carboxylic acids is 3. The number of ether oxygens (including phenoxy) is 1.